The Kier molecular flexibility index (Phi) is 3.39. The van der Waals surface area contributed by atoms with Gasteiger partial charge in [0.25, 0.3) is 0 Å². The van der Waals surface area contributed by atoms with E-state index in [9.17, 15) is 4.79 Å². The zero-order chi connectivity index (χ0) is 11.5. The van der Waals surface area contributed by atoms with E-state index in [2.05, 4.69) is 4.98 Å². The minimum atomic E-state index is 0.220. The first-order valence-electron chi connectivity index (χ1n) is 5.63. The molecule has 0 unspecified atom stereocenters. The molecule has 1 N–H and O–H groups in total. The second-order valence-electron chi connectivity index (χ2n) is 4.26. The number of aromatic nitrogens is 1. The Hall–Kier alpha value is -1.16. The highest BCUT2D eigenvalue weighted by atomic mass is 32.1. The molecular formula is C12H16N2OS. The minimum Gasteiger partial charge on any atom is -0.350 e. The van der Waals surface area contributed by atoms with Gasteiger partial charge in [-0.15, -0.1) is 0 Å². The molecule has 1 fully saturated rings. The second-order valence-corrected chi connectivity index (χ2v) is 4.70. The average molecular weight is 236 g/mol. The van der Waals surface area contributed by atoms with Crippen molar-refractivity contribution in [1.82, 2.24) is 9.88 Å². The van der Waals surface area contributed by atoms with Crippen LogP contribution in [0.4, 0.5) is 0 Å². The molecule has 1 atom stereocenters. The van der Waals surface area contributed by atoms with E-state index in [0.717, 1.165) is 36.1 Å². The van der Waals surface area contributed by atoms with E-state index in [4.69, 9.17) is 12.2 Å². The molecule has 1 aliphatic heterocycles. The highest BCUT2D eigenvalue weighted by Crippen LogP contribution is 2.30. The van der Waals surface area contributed by atoms with Crippen LogP contribution < -0.4 is 0 Å². The van der Waals surface area contributed by atoms with E-state index < -0.39 is 0 Å². The van der Waals surface area contributed by atoms with Crippen molar-refractivity contribution in [2.24, 2.45) is 0 Å². The molecule has 1 aromatic heterocycles. The maximum atomic E-state index is 11.0. The number of aromatic amines is 1. The van der Waals surface area contributed by atoms with Gasteiger partial charge in [0.05, 0.1) is 6.04 Å². The number of rotatable bonds is 2. The van der Waals surface area contributed by atoms with Crippen molar-refractivity contribution in [2.75, 3.05) is 6.54 Å². The predicted octanol–water partition coefficient (Wildman–Crippen LogP) is 2.74. The van der Waals surface area contributed by atoms with Gasteiger partial charge in [-0.1, -0.05) is 18.3 Å². The number of hydrogen-bond donors (Lipinski definition) is 1. The Labute approximate surface area is 100 Å². The molecule has 0 aliphatic carbocycles. The summed E-state index contributed by atoms with van der Waals surface area (Å²) in [7, 11) is 0. The molecule has 1 amide bonds. The zero-order valence-electron chi connectivity index (χ0n) is 9.40. The molecule has 3 nitrogen and oxygen atoms in total. The molecule has 1 aliphatic rings. The molecule has 86 valence electrons. The number of aryl methyl sites for hydroxylation is 1. The topological polar surface area (TPSA) is 36.1 Å². The Morgan fingerprint density at radius 1 is 1.50 bits per heavy atom. The Balaban J connectivity index is 2.34. The number of H-pyrrole nitrogens is 1. The Morgan fingerprint density at radius 3 is 3.00 bits per heavy atom. The van der Waals surface area contributed by atoms with Gasteiger partial charge in [0, 0.05) is 12.2 Å². The molecule has 0 radical (unpaired) electrons. The van der Waals surface area contributed by atoms with E-state index in [1.807, 2.05) is 24.0 Å². The summed E-state index contributed by atoms with van der Waals surface area (Å²) in [4.78, 5) is 16.1. The number of piperidine rings is 1. The third-order valence-electron chi connectivity index (χ3n) is 3.20. The number of nitrogens with zero attached hydrogens (tertiary/aromatic N) is 1. The van der Waals surface area contributed by atoms with Crippen LogP contribution in [0, 0.1) is 11.6 Å². The van der Waals surface area contributed by atoms with Gasteiger partial charge in [-0.25, -0.2) is 0 Å². The smallest absolute Gasteiger partial charge is 0.210 e. The molecule has 1 aromatic rings. The number of amides is 1. The van der Waals surface area contributed by atoms with Gasteiger partial charge in [-0.05, 0) is 37.8 Å². The fourth-order valence-corrected chi connectivity index (χ4v) is 2.59. The summed E-state index contributed by atoms with van der Waals surface area (Å²) in [6.45, 7) is 2.88. The molecule has 2 heterocycles. The van der Waals surface area contributed by atoms with Gasteiger partial charge in [-0.3, -0.25) is 4.79 Å². The highest BCUT2D eigenvalue weighted by molar-refractivity contribution is 7.71. The molecule has 0 saturated carbocycles. The summed E-state index contributed by atoms with van der Waals surface area (Å²) >= 11 is 5.08. The first kappa shape index (κ1) is 11.3. The maximum Gasteiger partial charge on any atom is 0.210 e. The van der Waals surface area contributed by atoms with Crippen molar-refractivity contribution < 1.29 is 4.79 Å². The van der Waals surface area contributed by atoms with Gasteiger partial charge in [0.15, 0.2) is 0 Å². The van der Waals surface area contributed by atoms with Crippen molar-refractivity contribution in [3.05, 3.63) is 28.0 Å². The van der Waals surface area contributed by atoms with E-state index in [-0.39, 0.29) is 6.04 Å². The lowest BCUT2D eigenvalue weighted by Gasteiger charge is -2.33. The van der Waals surface area contributed by atoms with Crippen molar-refractivity contribution in [1.29, 1.82) is 0 Å². The standard InChI is InChI=1S/C12H16N2OS/c1-9-10(5-6-12(16)13-9)11-4-2-3-7-14(11)8-15/h5-6,8,11H,2-4,7H2,1H3,(H,13,16)/t11-/m1/s1. The molecule has 0 spiro atoms. The van der Waals surface area contributed by atoms with Crippen LogP contribution in [-0.2, 0) is 4.79 Å². The first-order valence-corrected chi connectivity index (χ1v) is 6.04. The normalized spacial score (nSPS) is 20.8. The SMILES string of the molecule is Cc1[nH]c(=S)ccc1[C@H]1CCCCN1C=O. The Morgan fingerprint density at radius 2 is 2.31 bits per heavy atom. The highest BCUT2D eigenvalue weighted by Gasteiger charge is 2.23. The summed E-state index contributed by atoms with van der Waals surface area (Å²) in [5.74, 6) is 0. The summed E-state index contributed by atoms with van der Waals surface area (Å²) in [5.41, 5.74) is 2.27. The molecule has 2 rings (SSSR count). The van der Waals surface area contributed by atoms with E-state index in [1.165, 1.54) is 12.0 Å². The van der Waals surface area contributed by atoms with Crippen molar-refractivity contribution in [3.63, 3.8) is 0 Å². The lowest BCUT2D eigenvalue weighted by molar-refractivity contribution is -0.121. The fourth-order valence-electron chi connectivity index (χ4n) is 2.36. The molecule has 16 heavy (non-hydrogen) atoms. The Bertz CT molecular complexity index is 441. The summed E-state index contributed by atoms with van der Waals surface area (Å²) < 4.78 is 0.745. The van der Waals surface area contributed by atoms with Crippen molar-refractivity contribution >= 4 is 18.6 Å². The number of carbonyl (C=O) groups is 1. The van der Waals surface area contributed by atoms with Crippen LogP contribution in [0.2, 0.25) is 0 Å². The second kappa shape index (κ2) is 4.78. The predicted molar refractivity (Wildman–Crippen MR) is 65.7 cm³/mol. The monoisotopic (exact) mass is 236 g/mol. The van der Waals surface area contributed by atoms with Gasteiger partial charge in [0.2, 0.25) is 6.41 Å². The van der Waals surface area contributed by atoms with Crippen LogP contribution in [-0.4, -0.2) is 22.8 Å². The van der Waals surface area contributed by atoms with Crippen LogP contribution in [0.15, 0.2) is 12.1 Å². The summed E-state index contributed by atoms with van der Waals surface area (Å²) in [6, 6.07) is 4.16. The van der Waals surface area contributed by atoms with Crippen LogP contribution in [0.5, 0.6) is 0 Å². The summed E-state index contributed by atoms with van der Waals surface area (Å²) in [5, 5.41) is 0. The minimum absolute atomic E-state index is 0.220. The third-order valence-corrected chi connectivity index (χ3v) is 3.43. The van der Waals surface area contributed by atoms with Gasteiger partial charge >= 0.3 is 0 Å². The maximum absolute atomic E-state index is 11.0. The third kappa shape index (κ3) is 2.16. The van der Waals surface area contributed by atoms with Crippen molar-refractivity contribution in [3.8, 4) is 0 Å². The molecule has 1 saturated heterocycles. The van der Waals surface area contributed by atoms with Crippen LogP contribution >= 0.6 is 12.2 Å². The zero-order valence-corrected chi connectivity index (χ0v) is 10.2. The van der Waals surface area contributed by atoms with E-state index in [1.54, 1.807) is 0 Å². The van der Waals surface area contributed by atoms with Gasteiger partial charge in [0.1, 0.15) is 4.64 Å². The fraction of sp³-hybridized carbons (Fsp3) is 0.500. The van der Waals surface area contributed by atoms with Crippen LogP contribution in [0.3, 0.4) is 0 Å². The van der Waals surface area contributed by atoms with Gasteiger partial charge in [-0.2, -0.15) is 0 Å². The number of carbonyl (C=O) groups excluding carboxylic acids is 1. The largest absolute Gasteiger partial charge is 0.350 e. The van der Waals surface area contributed by atoms with Gasteiger partial charge < -0.3 is 9.88 Å². The lowest BCUT2D eigenvalue weighted by atomic mass is 9.95. The number of hydrogen-bond acceptors (Lipinski definition) is 2. The summed E-state index contributed by atoms with van der Waals surface area (Å²) in [6.07, 6.45) is 4.30. The molecule has 0 aromatic carbocycles. The van der Waals surface area contributed by atoms with Crippen LogP contribution in [0.25, 0.3) is 0 Å². The quantitative estimate of drug-likeness (QED) is 0.633. The average Bonchev–Trinajstić information content (AvgIpc) is 2.29. The lowest BCUT2D eigenvalue weighted by Crippen LogP contribution is -2.32. The first-order chi connectivity index (χ1) is 7.72. The van der Waals surface area contributed by atoms with Crippen molar-refractivity contribution in [2.45, 2.75) is 32.2 Å². The molecule has 4 heteroatoms. The van der Waals surface area contributed by atoms with E-state index >= 15 is 0 Å². The number of likely N-dealkylation sites (tertiary alicyclic amines) is 1. The molecule has 0 bridgehead atoms. The van der Waals surface area contributed by atoms with Crippen LogP contribution in [0.1, 0.15) is 36.6 Å². The number of nitrogens with one attached hydrogen (secondary N) is 1. The van der Waals surface area contributed by atoms with E-state index in [0.29, 0.717) is 0 Å². The number of pyridine rings is 1. The molecular weight excluding hydrogens is 220 g/mol.